The fourth-order valence-electron chi connectivity index (χ4n) is 2.60. The van der Waals surface area contributed by atoms with Crippen molar-refractivity contribution in [1.82, 2.24) is 4.72 Å². The molecule has 0 saturated heterocycles. The number of hydrogen-bond acceptors (Lipinski definition) is 4. The predicted molar refractivity (Wildman–Crippen MR) is 95.4 cm³/mol. The summed E-state index contributed by atoms with van der Waals surface area (Å²) in [6.07, 6.45) is 2.81. The summed E-state index contributed by atoms with van der Waals surface area (Å²) in [5.41, 5.74) is 2.43. The molecule has 1 aromatic rings. The maximum Gasteiger partial charge on any atom is 0.330 e. The van der Waals surface area contributed by atoms with Gasteiger partial charge in [-0.2, -0.15) is 0 Å². The normalized spacial score (nSPS) is 13.5. The van der Waals surface area contributed by atoms with Gasteiger partial charge in [0.1, 0.15) is 0 Å². The Balaban J connectivity index is 3.12. The van der Waals surface area contributed by atoms with Crippen LogP contribution in [0.4, 0.5) is 0 Å². The maximum atomic E-state index is 12.8. The van der Waals surface area contributed by atoms with Crippen LogP contribution in [0.5, 0.6) is 0 Å². The van der Waals surface area contributed by atoms with Crippen molar-refractivity contribution in [2.45, 2.75) is 52.5 Å². The smallest absolute Gasteiger partial charge is 0.330 e. The molecule has 1 rings (SSSR count). The van der Waals surface area contributed by atoms with E-state index in [1.807, 2.05) is 32.9 Å². The van der Waals surface area contributed by atoms with E-state index in [2.05, 4.69) is 4.72 Å². The summed E-state index contributed by atoms with van der Waals surface area (Å²) in [6.45, 7) is 11.3. The number of esters is 1. The van der Waals surface area contributed by atoms with Crippen LogP contribution in [-0.4, -0.2) is 27.0 Å². The molecule has 0 aliphatic rings. The zero-order valence-corrected chi connectivity index (χ0v) is 16.0. The van der Waals surface area contributed by atoms with E-state index in [0.717, 1.165) is 5.56 Å². The van der Waals surface area contributed by atoms with Crippen LogP contribution < -0.4 is 4.72 Å². The molecule has 0 radical (unpaired) electrons. The van der Waals surface area contributed by atoms with Crippen molar-refractivity contribution < 1.29 is 17.9 Å². The fraction of sp³-hybridized carbons (Fsp3) is 0.500. The Bertz CT molecular complexity index is 698. The zero-order valence-electron chi connectivity index (χ0n) is 15.2. The SMILES string of the molecule is CCOC(=O)/C=C\[C@@H](NS(=O)(=O)c1c(C)cc(C)cc1C)C(C)C. The zero-order chi connectivity index (χ0) is 18.5. The second-order valence-corrected chi connectivity index (χ2v) is 7.88. The summed E-state index contributed by atoms with van der Waals surface area (Å²) < 4.78 is 33.1. The molecular formula is C18H27NO4S. The van der Waals surface area contributed by atoms with Crippen LogP contribution in [0.3, 0.4) is 0 Å². The number of aryl methyl sites for hydroxylation is 3. The summed E-state index contributed by atoms with van der Waals surface area (Å²) in [7, 11) is -3.70. The first-order valence-corrected chi connectivity index (χ1v) is 9.52. The highest BCUT2D eigenvalue weighted by Gasteiger charge is 2.24. The Labute approximate surface area is 145 Å². The Hall–Kier alpha value is -1.66. The molecule has 0 bridgehead atoms. The lowest BCUT2D eigenvalue weighted by Gasteiger charge is -2.21. The molecule has 1 N–H and O–H groups in total. The lowest BCUT2D eigenvalue weighted by atomic mass is 10.1. The van der Waals surface area contributed by atoms with Gasteiger partial charge in [-0.25, -0.2) is 17.9 Å². The van der Waals surface area contributed by atoms with Crippen molar-refractivity contribution in [3.63, 3.8) is 0 Å². The number of sulfonamides is 1. The number of rotatable bonds is 7. The van der Waals surface area contributed by atoms with E-state index in [4.69, 9.17) is 4.74 Å². The Morgan fingerprint density at radius 3 is 2.21 bits per heavy atom. The number of carbonyl (C=O) groups is 1. The largest absolute Gasteiger partial charge is 0.463 e. The van der Waals surface area contributed by atoms with Crippen LogP contribution in [0.1, 0.15) is 37.5 Å². The second-order valence-electron chi connectivity index (χ2n) is 6.23. The van der Waals surface area contributed by atoms with Crippen LogP contribution in [0, 0.1) is 26.7 Å². The molecule has 6 heteroatoms. The van der Waals surface area contributed by atoms with Gasteiger partial charge in [-0.1, -0.05) is 37.6 Å². The van der Waals surface area contributed by atoms with Crippen LogP contribution in [0.25, 0.3) is 0 Å². The summed E-state index contributed by atoms with van der Waals surface area (Å²) in [6, 6.07) is 3.19. The van der Waals surface area contributed by atoms with Gasteiger partial charge in [0, 0.05) is 12.1 Å². The first-order chi connectivity index (χ1) is 11.1. The number of benzene rings is 1. The van der Waals surface area contributed by atoms with Gasteiger partial charge >= 0.3 is 5.97 Å². The van der Waals surface area contributed by atoms with Crippen molar-refractivity contribution in [1.29, 1.82) is 0 Å². The molecule has 1 atom stereocenters. The number of nitrogens with one attached hydrogen (secondary N) is 1. The highest BCUT2D eigenvalue weighted by Crippen LogP contribution is 2.22. The van der Waals surface area contributed by atoms with Crippen LogP contribution in [-0.2, 0) is 19.6 Å². The third-order valence-electron chi connectivity index (χ3n) is 3.61. The van der Waals surface area contributed by atoms with Crippen molar-refractivity contribution in [2.24, 2.45) is 5.92 Å². The first kappa shape index (κ1) is 20.4. The molecule has 0 aromatic heterocycles. The van der Waals surface area contributed by atoms with E-state index in [1.165, 1.54) is 6.08 Å². The minimum absolute atomic E-state index is 0.0171. The average Bonchev–Trinajstić information content (AvgIpc) is 2.41. The lowest BCUT2D eigenvalue weighted by molar-refractivity contribution is -0.137. The molecule has 1 aromatic carbocycles. The van der Waals surface area contributed by atoms with Crippen LogP contribution in [0.15, 0.2) is 29.2 Å². The van der Waals surface area contributed by atoms with E-state index >= 15 is 0 Å². The Kier molecular flexibility index (Phi) is 7.17. The van der Waals surface area contributed by atoms with Gasteiger partial charge in [0.05, 0.1) is 11.5 Å². The molecule has 24 heavy (non-hydrogen) atoms. The van der Waals surface area contributed by atoms with Crippen molar-refractivity contribution in [3.05, 3.63) is 41.0 Å². The van der Waals surface area contributed by atoms with Crippen LogP contribution >= 0.6 is 0 Å². The summed E-state index contributed by atoms with van der Waals surface area (Å²) in [4.78, 5) is 11.8. The van der Waals surface area contributed by atoms with Crippen molar-refractivity contribution >= 4 is 16.0 Å². The van der Waals surface area contributed by atoms with Gasteiger partial charge in [-0.05, 0) is 44.7 Å². The third kappa shape index (κ3) is 5.46. The third-order valence-corrected chi connectivity index (χ3v) is 5.37. The molecule has 0 saturated carbocycles. The van der Waals surface area contributed by atoms with Crippen LogP contribution in [0.2, 0.25) is 0 Å². The molecule has 0 fully saturated rings. The van der Waals surface area contributed by atoms with Gasteiger partial charge in [-0.15, -0.1) is 0 Å². The van der Waals surface area contributed by atoms with E-state index < -0.39 is 22.0 Å². The van der Waals surface area contributed by atoms with Crippen molar-refractivity contribution in [2.75, 3.05) is 6.61 Å². The molecule has 0 amide bonds. The van der Waals surface area contributed by atoms with Crippen molar-refractivity contribution in [3.8, 4) is 0 Å². The monoisotopic (exact) mass is 353 g/mol. The summed E-state index contributed by atoms with van der Waals surface area (Å²) in [5, 5.41) is 0. The van der Waals surface area contributed by atoms with E-state index in [-0.39, 0.29) is 12.5 Å². The number of hydrogen-bond donors (Lipinski definition) is 1. The van der Waals surface area contributed by atoms with E-state index in [0.29, 0.717) is 16.0 Å². The van der Waals surface area contributed by atoms with Gasteiger partial charge in [0.2, 0.25) is 10.0 Å². The fourth-order valence-corrected chi connectivity index (χ4v) is 4.39. The molecule has 0 spiro atoms. The quantitative estimate of drug-likeness (QED) is 0.604. The molecular weight excluding hydrogens is 326 g/mol. The highest BCUT2D eigenvalue weighted by molar-refractivity contribution is 7.89. The molecule has 0 aliphatic heterocycles. The summed E-state index contributed by atoms with van der Waals surface area (Å²) in [5.74, 6) is -0.499. The molecule has 0 unspecified atom stereocenters. The number of carbonyl (C=O) groups excluding carboxylic acids is 1. The molecule has 0 heterocycles. The predicted octanol–water partition coefficient (Wildman–Crippen LogP) is 3.03. The van der Waals surface area contributed by atoms with E-state index in [9.17, 15) is 13.2 Å². The second kappa shape index (κ2) is 8.44. The minimum Gasteiger partial charge on any atom is -0.463 e. The average molecular weight is 353 g/mol. The lowest BCUT2D eigenvalue weighted by Crippen LogP contribution is -2.37. The molecule has 5 nitrogen and oxygen atoms in total. The molecule has 0 aliphatic carbocycles. The van der Waals surface area contributed by atoms with Gasteiger partial charge < -0.3 is 4.74 Å². The minimum atomic E-state index is -3.70. The van der Waals surface area contributed by atoms with Gasteiger partial charge in [0.15, 0.2) is 0 Å². The van der Waals surface area contributed by atoms with Gasteiger partial charge in [-0.3, -0.25) is 0 Å². The van der Waals surface area contributed by atoms with E-state index in [1.54, 1.807) is 26.8 Å². The standard InChI is InChI=1S/C18H27NO4S/c1-7-23-17(20)9-8-16(12(2)3)19-24(21,22)18-14(5)10-13(4)11-15(18)6/h8-12,16,19H,7H2,1-6H3/b9-8-/t16-/m1/s1. The number of ether oxygens (including phenoxy) is 1. The summed E-state index contributed by atoms with van der Waals surface area (Å²) >= 11 is 0. The van der Waals surface area contributed by atoms with Gasteiger partial charge in [0.25, 0.3) is 0 Å². The topological polar surface area (TPSA) is 72.5 Å². The highest BCUT2D eigenvalue weighted by atomic mass is 32.2. The Morgan fingerprint density at radius 1 is 1.21 bits per heavy atom. The first-order valence-electron chi connectivity index (χ1n) is 8.03. The molecule has 134 valence electrons. The Morgan fingerprint density at radius 2 is 1.75 bits per heavy atom. The maximum absolute atomic E-state index is 12.8.